The predicted molar refractivity (Wildman–Crippen MR) is 46.7 cm³/mol. The highest BCUT2D eigenvalue weighted by Crippen LogP contribution is 2.41. The van der Waals surface area contributed by atoms with Crippen molar-refractivity contribution in [3.63, 3.8) is 0 Å². The van der Waals surface area contributed by atoms with Gasteiger partial charge in [-0.05, 0) is 18.1 Å². The van der Waals surface area contributed by atoms with E-state index in [0.29, 0.717) is 12.0 Å². The van der Waals surface area contributed by atoms with E-state index < -0.39 is 0 Å². The lowest BCUT2D eigenvalue weighted by Crippen LogP contribution is -2.14. The van der Waals surface area contributed by atoms with Gasteiger partial charge < -0.3 is 5.32 Å². The Bertz CT molecular complexity index is 326. The largest absolute Gasteiger partial charge is 0.355 e. The van der Waals surface area contributed by atoms with Crippen LogP contribution in [0.1, 0.15) is 17.9 Å². The molecule has 1 aromatic carbocycles. The molecule has 0 aromatic heterocycles. The minimum Gasteiger partial charge on any atom is -0.355 e. The summed E-state index contributed by atoms with van der Waals surface area (Å²) in [5.74, 6) is -0.00546. The molecule has 68 valence electrons. The van der Waals surface area contributed by atoms with Crippen molar-refractivity contribution in [1.82, 2.24) is 5.32 Å². The van der Waals surface area contributed by atoms with Crippen molar-refractivity contribution in [3.8, 4) is 0 Å². The summed E-state index contributed by atoms with van der Waals surface area (Å²) in [4.78, 5) is 10.1. The first-order valence-corrected chi connectivity index (χ1v) is 4.27. The second-order valence-corrected chi connectivity index (χ2v) is 3.25. The van der Waals surface area contributed by atoms with Crippen molar-refractivity contribution in [2.24, 2.45) is 0 Å². The third-order valence-corrected chi connectivity index (χ3v) is 2.38. The van der Waals surface area contributed by atoms with E-state index in [0.717, 1.165) is 6.42 Å². The number of nitrogens with one attached hydrogen (secondary N) is 1. The van der Waals surface area contributed by atoms with Gasteiger partial charge in [0, 0.05) is 12.0 Å². The Labute approximate surface area is 75.8 Å². The molecule has 1 saturated carbocycles. The van der Waals surface area contributed by atoms with Crippen LogP contribution in [0.2, 0.25) is 0 Å². The molecule has 1 amide bonds. The topological polar surface area (TPSA) is 29.1 Å². The zero-order valence-corrected chi connectivity index (χ0v) is 7.03. The van der Waals surface area contributed by atoms with Crippen LogP contribution in [0.5, 0.6) is 0 Å². The van der Waals surface area contributed by atoms with Crippen molar-refractivity contribution < 1.29 is 9.18 Å². The molecule has 1 aliphatic rings. The molecular weight excluding hydrogens is 169 g/mol. The van der Waals surface area contributed by atoms with Gasteiger partial charge in [0.25, 0.3) is 0 Å². The van der Waals surface area contributed by atoms with E-state index in [9.17, 15) is 9.18 Å². The van der Waals surface area contributed by atoms with Crippen LogP contribution >= 0.6 is 0 Å². The second kappa shape index (κ2) is 3.17. The molecule has 0 unspecified atom stereocenters. The molecule has 3 heteroatoms. The van der Waals surface area contributed by atoms with Crippen molar-refractivity contribution in [2.75, 3.05) is 0 Å². The molecule has 0 spiro atoms. The third-order valence-electron chi connectivity index (χ3n) is 2.38. The molecule has 13 heavy (non-hydrogen) atoms. The average Bonchev–Trinajstić information content (AvgIpc) is 2.86. The fourth-order valence-electron chi connectivity index (χ4n) is 1.59. The van der Waals surface area contributed by atoms with E-state index in [4.69, 9.17) is 0 Å². The third kappa shape index (κ3) is 1.54. The summed E-state index contributed by atoms with van der Waals surface area (Å²) in [7, 11) is 0. The van der Waals surface area contributed by atoms with Crippen LogP contribution in [0.4, 0.5) is 4.39 Å². The van der Waals surface area contributed by atoms with Crippen LogP contribution in [-0.2, 0) is 4.79 Å². The summed E-state index contributed by atoms with van der Waals surface area (Å²) in [6.07, 6.45) is 1.52. The Morgan fingerprint density at radius 3 is 2.92 bits per heavy atom. The summed E-state index contributed by atoms with van der Waals surface area (Å²) in [6, 6.07) is 6.84. The molecule has 1 aromatic rings. The first-order valence-electron chi connectivity index (χ1n) is 4.27. The van der Waals surface area contributed by atoms with Crippen LogP contribution in [0.25, 0.3) is 0 Å². The van der Waals surface area contributed by atoms with Gasteiger partial charge in [0.1, 0.15) is 5.82 Å². The molecule has 1 N–H and O–H groups in total. The van der Waals surface area contributed by atoms with Gasteiger partial charge in [0.2, 0.25) is 6.41 Å². The summed E-state index contributed by atoms with van der Waals surface area (Å²) in [6.45, 7) is 0. The number of benzene rings is 1. The molecule has 0 heterocycles. The number of amides is 1. The predicted octanol–water partition coefficient (Wildman–Crippen LogP) is 1.43. The second-order valence-electron chi connectivity index (χ2n) is 3.25. The normalized spacial score (nSPS) is 25.3. The number of carbonyl (C=O) groups excluding carboxylic acids is 1. The number of halogens is 1. The van der Waals surface area contributed by atoms with Crippen LogP contribution in [0.3, 0.4) is 0 Å². The van der Waals surface area contributed by atoms with Crippen LogP contribution in [-0.4, -0.2) is 12.5 Å². The van der Waals surface area contributed by atoms with E-state index in [1.807, 2.05) is 6.07 Å². The van der Waals surface area contributed by atoms with Gasteiger partial charge in [0.05, 0.1) is 0 Å². The van der Waals surface area contributed by atoms with Crippen molar-refractivity contribution in [2.45, 2.75) is 18.4 Å². The maximum atomic E-state index is 13.2. The molecule has 2 rings (SSSR count). The number of hydrogen-bond acceptors (Lipinski definition) is 1. The highest BCUT2D eigenvalue weighted by Gasteiger charge is 2.39. The summed E-state index contributed by atoms with van der Waals surface area (Å²) < 4.78 is 13.2. The Morgan fingerprint density at radius 2 is 2.23 bits per heavy atom. The summed E-state index contributed by atoms with van der Waals surface area (Å²) in [5, 5.41) is 2.65. The van der Waals surface area contributed by atoms with Crippen LogP contribution in [0.15, 0.2) is 24.3 Å². The van der Waals surface area contributed by atoms with Gasteiger partial charge in [0.15, 0.2) is 0 Å². The highest BCUT2D eigenvalue weighted by atomic mass is 19.1. The Hall–Kier alpha value is -1.38. The Morgan fingerprint density at radius 1 is 1.46 bits per heavy atom. The lowest BCUT2D eigenvalue weighted by molar-refractivity contribution is -0.109. The minimum absolute atomic E-state index is 0.134. The van der Waals surface area contributed by atoms with Crippen molar-refractivity contribution >= 4 is 6.41 Å². The van der Waals surface area contributed by atoms with Gasteiger partial charge in [-0.25, -0.2) is 4.39 Å². The summed E-state index contributed by atoms with van der Waals surface area (Å²) >= 11 is 0. The lowest BCUT2D eigenvalue weighted by atomic mass is 10.1. The van der Waals surface area contributed by atoms with E-state index in [1.54, 1.807) is 12.1 Å². The average molecular weight is 179 g/mol. The first kappa shape index (κ1) is 8.23. The molecule has 1 aliphatic carbocycles. The van der Waals surface area contributed by atoms with Crippen molar-refractivity contribution in [3.05, 3.63) is 35.6 Å². The molecule has 2 atom stereocenters. The maximum absolute atomic E-state index is 13.2. The van der Waals surface area contributed by atoms with Gasteiger partial charge >= 0.3 is 0 Å². The van der Waals surface area contributed by atoms with Gasteiger partial charge in [-0.2, -0.15) is 0 Å². The molecule has 1 fully saturated rings. The molecule has 0 radical (unpaired) electrons. The van der Waals surface area contributed by atoms with Crippen molar-refractivity contribution in [1.29, 1.82) is 0 Å². The van der Waals surface area contributed by atoms with Gasteiger partial charge in [-0.3, -0.25) is 4.79 Å². The van der Waals surface area contributed by atoms with E-state index in [1.165, 1.54) is 6.07 Å². The standard InChI is InChI=1S/C10H10FNO/c11-9-4-2-1-3-7(9)8-5-10(8)12-6-13/h1-4,6,8,10H,5H2,(H,12,13)/t8-,10+/m1/s1. The molecule has 0 aliphatic heterocycles. The van der Waals surface area contributed by atoms with Crippen LogP contribution < -0.4 is 5.32 Å². The molecule has 0 bridgehead atoms. The quantitative estimate of drug-likeness (QED) is 0.699. The van der Waals surface area contributed by atoms with Crippen LogP contribution in [0, 0.1) is 5.82 Å². The summed E-state index contributed by atoms with van der Waals surface area (Å²) in [5.41, 5.74) is 0.710. The van der Waals surface area contributed by atoms with Gasteiger partial charge in [-0.1, -0.05) is 18.2 Å². The lowest BCUT2D eigenvalue weighted by Gasteiger charge is -2.00. The Kier molecular flexibility index (Phi) is 2.00. The fraction of sp³-hybridized carbons (Fsp3) is 0.300. The number of carbonyl (C=O) groups is 1. The van der Waals surface area contributed by atoms with E-state index in [2.05, 4.69) is 5.32 Å². The SMILES string of the molecule is O=CN[C@H]1C[C@@H]1c1ccccc1F. The molecule has 2 nitrogen and oxygen atoms in total. The number of hydrogen-bond donors (Lipinski definition) is 1. The minimum atomic E-state index is -0.178. The zero-order valence-electron chi connectivity index (χ0n) is 7.03. The smallest absolute Gasteiger partial charge is 0.207 e. The van der Waals surface area contributed by atoms with Gasteiger partial charge in [-0.15, -0.1) is 0 Å². The first-order chi connectivity index (χ1) is 6.33. The Balaban J connectivity index is 2.11. The maximum Gasteiger partial charge on any atom is 0.207 e. The zero-order chi connectivity index (χ0) is 9.26. The highest BCUT2D eigenvalue weighted by molar-refractivity contribution is 5.49. The van der Waals surface area contributed by atoms with E-state index in [-0.39, 0.29) is 17.8 Å². The molecular formula is C10H10FNO. The number of rotatable bonds is 3. The monoisotopic (exact) mass is 179 g/mol. The molecule has 0 saturated heterocycles. The van der Waals surface area contributed by atoms with E-state index >= 15 is 0 Å². The fourth-order valence-corrected chi connectivity index (χ4v) is 1.59.